The number of carbonyl (C=O) groups is 1. The molecule has 0 fully saturated rings. The third-order valence-electron chi connectivity index (χ3n) is 3.40. The van der Waals surface area contributed by atoms with Crippen molar-refractivity contribution < 1.29 is 9.32 Å². The maximum absolute atomic E-state index is 11.1. The average Bonchev–Trinajstić information content (AvgIpc) is 3.05. The largest absolute Gasteiger partial charge is 0.370 e. The number of aromatic nitrogens is 2. The molecule has 0 saturated heterocycles. The van der Waals surface area contributed by atoms with Gasteiger partial charge in [0, 0.05) is 24.0 Å². The van der Waals surface area contributed by atoms with Crippen LogP contribution < -0.4 is 16.8 Å². The molecule has 136 valence electrons. The summed E-state index contributed by atoms with van der Waals surface area (Å²) in [4.78, 5) is 19.5. The van der Waals surface area contributed by atoms with E-state index in [2.05, 4.69) is 27.0 Å². The lowest BCUT2D eigenvalue weighted by Crippen LogP contribution is -2.45. The van der Waals surface area contributed by atoms with Crippen molar-refractivity contribution in [2.75, 3.05) is 0 Å². The van der Waals surface area contributed by atoms with Gasteiger partial charge in [0.2, 0.25) is 0 Å². The van der Waals surface area contributed by atoms with Crippen LogP contribution in [0.15, 0.2) is 52.8 Å². The topological polar surface area (TPSA) is 132 Å². The van der Waals surface area contributed by atoms with Gasteiger partial charge >= 0.3 is 0 Å². The van der Waals surface area contributed by atoms with E-state index in [0.717, 1.165) is 0 Å². The highest BCUT2D eigenvalue weighted by atomic mass is 35.5. The maximum Gasteiger partial charge on any atom is 0.270 e. The molecule has 0 unspecified atom stereocenters. The van der Waals surface area contributed by atoms with E-state index in [1.807, 2.05) is 13.8 Å². The van der Waals surface area contributed by atoms with Crippen LogP contribution >= 0.6 is 11.6 Å². The second-order valence-electron chi connectivity index (χ2n) is 5.83. The summed E-state index contributed by atoms with van der Waals surface area (Å²) >= 11 is 6.18. The van der Waals surface area contributed by atoms with E-state index >= 15 is 0 Å². The normalized spacial score (nSPS) is 12.7. The van der Waals surface area contributed by atoms with E-state index < -0.39 is 11.4 Å². The number of rotatable bonds is 6. The predicted octanol–water partition coefficient (Wildman–Crippen LogP) is 2.19. The van der Waals surface area contributed by atoms with Crippen molar-refractivity contribution in [2.45, 2.75) is 19.4 Å². The lowest BCUT2D eigenvalue weighted by atomic mass is 10.00. The van der Waals surface area contributed by atoms with Crippen LogP contribution in [0.25, 0.3) is 5.57 Å². The minimum Gasteiger partial charge on any atom is -0.370 e. The van der Waals surface area contributed by atoms with Crippen molar-refractivity contribution in [1.82, 2.24) is 15.5 Å². The maximum atomic E-state index is 11.1. The number of allylic oxidation sites excluding steroid dienone is 2. The molecule has 8 nitrogen and oxygen atoms in total. The van der Waals surface area contributed by atoms with E-state index in [1.54, 1.807) is 18.3 Å². The van der Waals surface area contributed by atoms with Gasteiger partial charge in [-0.3, -0.25) is 9.78 Å². The molecule has 2 rings (SSSR count). The molecule has 0 atom stereocenters. The van der Waals surface area contributed by atoms with Crippen LogP contribution in [0.1, 0.15) is 35.8 Å². The zero-order chi connectivity index (χ0) is 19.3. The summed E-state index contributed by atoms with van der Waals surface area (Å²) in [5.74, 6) is -0.273. The molecule has 5 N–H and O–H groups in total. The number of primary amides is 1. The molecule has 1 amide bonds. The van der Waals surface area contributed by atoms with Crippen LogP contribution in [0.2, 0.25) is 5.02 Å². The van der Waals surface area contributed by atoms with Gasteiger partial charge < -0.3 is 21.3 Å². The number of nitrogens with two attached hydrogens (primary N) is 2. The Hall–Kier alpha value is -3.13. The molecular formula is C17H19ClN6O2. The molecule has 2 heterocycles. The summed E-state index contributed by atoms with van der Waals surface area (Å²) in [6.07, 6.45) is 4.56. The molecule has 26 heavy (non-hydrogen) atoms. The number of amides is 1. The number of nitrogens with one attached hydrogen (secondary N) is 1. The predicted molar refractivity (Wildman–Crippen MR) is 100 cm³/mol. The Morgan fingerprint density at radius 2 is 2.19 bits per heavy atom. The molecule has 2 aromatic rings. The highest BCUT2D eigenvalue weighted by Gasteiger charge is 2.25. The van der Waals surface area contributed by atoms with Crippen molar-refractivity contribution in [3.63, 3.8) is 0 Å². The first-order valence-corrected chi connectivity index (χ1v) is 7.94. The molecule has 0 bridgehead atoms. The number of hydrogen-bond donors (Lipinski definition) is 3. The zero-order valence-electron chi connectivity index (χ0n) is 14.4. The Balaban J connectivity index is 2.21. The first-order valence-electron chi connectivity index (χ1n) is 7.56. The number of hydrogen-bond acceptors (Lipinski definition) is 5. The van der Waals surface area contributed by atoms with Crippen molar-refractivity contribution in [3.8, 4) is 0 Å². The van der Waals surface area contributed by atoms with Gasteiger partial charge in [0.25, 0.3) is 5.91 Å². The highest BCUT2D eigenvalue weighted by molar-refractivity contribution is 6.31. The number of pyridine rings is 1. The molecule has 0 aliphatic rings. The van der Waals surface area contributed by atoms with Crippen LogP contribution in [-0.4, -0.2) is 22.0 Å². The average molecular weight is 375 g/mol. The van der Waals surface area contributed by atoms with E-state index in [0.29, 0.717) is 16.3 Å². The molecule has 0 saturated carbocycles. The van der Waals surface area contributed by atoms with Crippen molar-refractivity contribution in [1.29, 1.82) is 0 Å². The third kappa shape index (κ3) is 4.48. The van der Waals surface area contributed by atoms with E-state index in [-0.39, 0.29) is 17.4 Å². The fraction of sp³-hybridized carbons (Fsp3) is 0.176. The fourth-order valence-corrected chi connectivity index (χ4v) is 2.50. The van der Waals surface area contributed by atoms with Gasteiger partial charge in [0.05, 0.1) is 16.3 Å². The van der Waals surface area contributed by atoms with Crippen LogP contribution in [0, 0.1) is 0 Å². The van der Waals surface area contributed by atoms with Gasteiger partial charge in [0.1, 0.15) is 0 Å². The number of nitrogens with zero attached hydrogens (tertiary/aromatic N) is 3. The Bertz CT molecular complexity index is 885. The van der Waals surface area contributed by atoms with E-state index in [4.69, 9.17) is 27.6 Å². The van der Waals surface area contributed by atoms with Crippen LogP contribution in [-0.2, 0) is 5.54 Å². The Kier molecular flexibility index (Phi) is 5.78. The zero-order valence-corrected chi connectivity index (χ0v) is 15.1. The van der Waals surface area contributed by atoms with Gasteiger partial charge in [-0.05, 0) is 26.0 Å². The Morgan fingerprint density at radius 3 is 2.77 bits per heavy atom. The van der Waals surface area contributed by atoms with Crippen molar-refractivity contribution in [3.05, 3.63) is 65.4 Å². The Morgan fingerprint density at radius 1 is 1.46 bits per heavy atom. The lowest BCUT2D eigenvalue weighted by Gasteiger charge is -2.26. The van der Waals surface area contributed by atoms with Crippen LogP contribution in [0.5, 0.6) is 0 Å². The molecule has 2 aromatic heterocycles. The van der Waals surface area contributed by atoms with Crippen LogP contribution in [0.3, 0.4) is 0 Å². The van der Waals surface area contributed by atoms with Crippen molar-refractivity contribution in [2.24, 2.45) is 16.5 Å². The summed E-state index contributed by atoms with van der Waals surface area (Å²) < 4.78 is 5.05. The first-order chi connectivity index (χ1) is 12.2. The van der Waals surface area contributed by atoms with E-state index in [1.165, 1.54) is 18.3 Å². The van der Waals surface area contributed by atoms with Gasteiger partial charge in [0.15, 0.2) is 17.4 Å². The quantitative estimate of drug-likeness (QED) is 0.403. The molecule has 0 aromatic carbocycles. The second-order valence-corrected chi connectivity index (χ2v) is 6.23. The highest BCUT2D eigenvalue weighted by Crippen LogP contribution is 2.25. The summed E-state index contributed by atoms with van der Waals surface area (Å²) in [6.45, 7) is 7.42. The van der Waals surface area contributed by atoms with Gasteiger partial charge in [-0.1, -0.05) is 29.4 Å². The molecule has 9 heteroatoms. The summed E-state index contributed by atoms with van der Waals surface area (Å²) in [5, 5.41) is 7.13. The van der Waals surface area contributed by atoms with Gasteiger partial charge in [-0.25, -0.2) is 4.99 Å². The smallest absolute Gasteiger partial charge is 0.270 e. The second kappa shape index (κ2) is 7.83. The molecule has 0 aliphatic carbocycles. The number of carbonyl (C=O) groups excluding carboxylic acids is 1. The Labute approximate surface area is 155 Å². The molecule has 0 radical (unpaired) electrons. The van der Waals surface area contributed by atoms with Gasteiger partial charge in [-0.15, -0.1) is 0 Å². The van der Waals surface area contributed by atoms with Gasteiger partial charge in [-0.2, -0.15) is 0 Å². The minimum atomic E-state index is -0.693. The van der Waals surface area contributed by atoms with E-state index in [9.17, 15) is 4.79 Å². The molecule has 0 aliphatic heterocycles. The fourth-order valence-electron chi connectivity index (χ4n) is 2.14. The number of aliphatic imine (C=N–C) groups is 1. The lowest BCUT2D eigenvalue weighted by molar-refractivity contribution is 0.0991. The molecule has 0 spiro atoms. The third-order valence-corrected chi connectivity index (χ3v) is 3.71. The standard InChI is InChI=1S/C17H19ClN6O2/c1-4-10(13-8-12(15(19)25)24-26-13)9-22-16(20)23-17(2,3)14-11(18)6-5-7-21-14/h4-9H,1H2,2-3H3,(H2,19,25)(H3,20,22,23)/b10-9+. The molecular weight excluding hydrogens is 356 g/mol. The summed E-state index contributed by atoms with van der Waals surface area (Å²) in [6, 6.07) is 4.89. The van der Waals surface area contributed by atoms with Crippen LogP contribution in [0.4, 0.5) is 0 Å². The summed E-state index contributed by atoms with van der Waals surface area (Å²) in [7, 11) is 0. The monoisotopic (exact) mass is 374 g/mol. The number of halogens is 1. The first kappa shape index (κ1) is 19.2. The van der Waals surface area contributed by atoms with Crippen molar-refractivity contribution >= 4 is 29.0 Å². The SMILES string of the molecule is C=C/C(=C\N=C(/N)NC(C)(C)c1ncccc1Cl)c1cc(C(N)=O)no1. The summed E-state index contributed by atoms with van der Waals surface area (Å²) in [5.41, 5.74) is 11.6. The number of guanidine groups is 1. The minimum absolute atomic E-state index is 0.00811.